The molecule has 3 aliphatic rings. The van der Waals surface area contributed by atoms with Gasteiger partial charge < -0.3 is 20.0 Å². The quantitative estimate of drug-likeness (QED) is 0.292. The number of piperazine rings is 1. The minimum atomic E-state index is -4.88. The average molecular weight is 604 g/mol. The van der Waals surface area contributed by atoms with Crippen LogP contribution in [-0.2, 0) is 11.0 Å². The number of rotatable bonds is 7. The second kappa shape index (κ2) is 11.5. The number of benzene rings is 1. The summed E-state index contributed by atoms with van der Waals surface area (Å²) in [7, 11) is 2.08. The van der Waals surface area contributed by atoms with Gasteiger partial charge in [0.15, 0.2) is 10.8 Å². The number of carbonyl (C=O) groups excluding carboxylic acids is 2. The lowest BCUT2D eigenvalue weighted by Crippen LogP contribution is -2.55. The van der Waals surface area contributed by atoms with E-state index in [-0.39, 0.29) is 22.1 Å². The van der Waals surface area contributed by atoms with Gasteiger partial charge >= 0.3 is 6.18 Å². The van der Waals surface area contributed by atoms with Crippen molar-refractivity contribution >= 4 is 40.5 Å². The van der Waals surface area contributed by atoms with Crippen molar-refractivity contribution in [1.29, 1.82) is 5.26 Å². The number of hydrogen-bond donors (Lipinski definition) is 1. The summed E-state index contributed by atoms with van der Waals surface area (Å²) in [6.45, 7) is 5.13. The third-order valence-corrected chi connectivity index (χ3v) is 8.49. The fourth-order valence-corrected chi connectivity index (χ4v) is 6.06. The molecule has 2 aliphatic heterocycles. The number of alkyl halides is 3. The lowest BCUT2D eigenvalue weighted by atomic mass is 9.75. The Morgan fingerprint density at radius 3 is 2.48 bits per heavy atom. The summed E-state index contributed by atoms with van der Waals surface area (Å²) in [5.41, 5.74) is -3.50. The number of thiocarbonyl (C=S) groups is 1. The third kappa shape index (κ3) is 5.44. The number of hydrogen-bond acceptors (Lipinski definition) is 7. The largest absolute Gasteiger partial charge is 0.419 e. The van der Waals surface area contributed by atoms with Crippen LogP contribution in [0.4, 0.5) is 28.9 Å². The molecule has 3 heterocycles. The Bertz CT molecular complexity index is 1450. The van der Waals surface area contributed by atoms with E-state index in [1.54, 1.807) is 0 Å². The molecule has 0 atom stereocenters. The highest BCUT2D eigenvalue weighted by molar-refractivity contribution is 7.81. The Kier molecular flexibility index (Phi) is 8.19. The predicted molar refractivity (Wildman–Crippen MR) is 150 cm³/mol. The van der Waals surface area contributed by atoms with E-state index in [0.29, 0.717) is 31.9 Å². The van der Waals surface area contributed by atoms with Crippen LogP contribution in [0.25, 0.3) is 0 Å². The van der Waals surface area contributed by atoms with Gasteiger partial charge in [0.05, 0.1) is 23.0 Å². The Labute approximate surface area is 245 Å². The van der Waals surface area contributed by atoms with Crippen molar-refractivity contribution in [2.75, 3.05) is 56.1 Å². The van der Waals surface area contributed by atoms with Crippen LogP contribution in [0.15, 0.2) is 30.5 Å². The van der Waals surface area contributed by atoms with Gasteiger partial charge in [-0.1, -0.05) is 0 Å². The maximum absolute atomic E-state index is 15.3. The van der Waals surface area contributed by atoms with Gasteiger partial charge in [-0.3, -0.25) is 14.5 Å². The summed E-state index contributed by atoms with van der Waals surface area (Å²) < 4.78 is 56.1. The predicted octanol–water partition coefficient (Wildman–Crippen LogP) is 3.54. The Hall–Kier alpha value is -3.67. The monoisotopic (exact) mass is 603 g/mol. The van der Waals surface area contributed by atoms with Gasteiger partial charge in [0.1, 0.15) is 17.4 Å². The lowest BCUT2D eigenvalue weighted by Gasteiger charge is -2.43. The number of amides is 2. The first-order valence-corrected chi connectivity index (χ1v) is 14.0. The molecule has 42 heavy (non-hydrogen) atoms. The molecule has 2 amide bonds. The molecule has 1 saturated carbocycles. The topological polar surface area (TPSA) is 95.8 Å². The van der Waals surface area contributed by atoms with Gasteiger partial charge in [-0.15, -0.1) is 0 Å². The number of carbonyl (C=O) groups is 2. The summed E-state index contributed by atoms with van der Waals surface area (Å²) in [6, 6.07) is 5.98. The number of nitriles is 1. The van der Waals surface area contributed by atoms with E-state index in [0.717, 1.165) is 56.3 Å². The first-order chi connectivity index (χ1) is 20.0. The minimum Gasteiger partial charge on any atom is -0.352 e. The van der Waals surface area contributed by atoms with Crippen molar-refractivity contribution in [3.8, 4) is 6.07 Å². The zero-order valence-corrected chi connectivity index (χ0v) is 23.7. The molecule has 9 nitrogen and oxygen atoms in total. The van der Waals surface area contributed by atoms with Crippen LogP contribution < -0.4 is 15.1 Å². The molecule has 14 heteroatoms. The van der Waals surface area contributed by atoms with Crippen LogP contribution in [0.1, 0.15) is 47.3 Å². The van der Waals surface area contributed by atoms with Crippen LogP contribution in [0.3, 0.4) is 0 Å². The summed E-state index contributed by atoms with van der Waals surface area (Å²) >= 11 is 5.56. The van der Waals surface area contributed by atoms with Gasteiger partial charge in [0.25, 0.3) is 11.8 Å². The summed E-state index contributed by atoms with van der Waals surface area (Å²) in [5, 5.41) is 11.7. The third-order valence-electron chi connectivity index (χ3n) is 8.12. The van der Waals surface area contributed by atoms with Crippen molar-refractivity contribution in [2.45, 2.75) is 37.4 Å². The van der Waals surface area contributed by atoms with Crippen LogP contribution in [0, 0.1) is 17.1 Å². The Morgan fingerprint density at radius 1 is 1.17 bits per heavy atom. The molecular weight excluding hydrogens is 574 g/mol. The summed E-state index contributed by atoms with van der Waals surface area (Å²) in [5.74, 6) is -1.94. The average Bonchev–Trinajstić information content (AvgIpc) is 3.17. The highest BCUT2D eigenvalue weighted by Crippen LogP contribution is 2.48. The Morgan fingerprint density at radius 2 is 1.88 bits per heavy atom. The van der Waals surface area contributed by atoms with Crippen LogP contribution in [0.5, 0.6) is 0 Å². The van der Waals surface area contributed by atoms with E-state index >= 15 is 4.39 Å². The van der Waals surface area contributed by atoms with Crippen molar-refractivity contribution in [1.82, 2.24) is 20.1 Å². The van der Waals surface area contributed by atoms with E-state index in [2.05, 4.69) is 27.1 Å². The second-order valence-electron chi connectivity index (χ2n) is 10.8. The maximum Gasteiger partial charge on any atom is 0.419 e. The number of anilines is 2. The van der Waals surface area contributed by atoms with Crippen molar-refractivity contribution in [3.63, 3.8) is 0 Å². The van der Waals surface area contributed by atoms with Crippen molar-refractivity contribution in [2.24, 2.45) is 0 Å². The maximum atomic E-state index is 15.3. The molecule has 1 aromatic carbocycles. The van der Waals surface area contributed by atoms with Gasteiger partial charge in [0, 0.05) is 38.4 Å². The first-order valence-electron chi connectivity index (χ1n) is 13.6. The number of halogens is 4. The molecule has 222 valence electrons. The molecule has 5 rings (SSSR count). The fraction of sp³-hybridized carbons (Fsp3) is 0.464. The standard InChI is InChI=1S/C28H29F4N7O2S/c1-36-10-12-37(13-11-36)9-3-8-34-24(40)20-5-4-18(15-22(20)29)39-26(42)38(25(41)27(39)6-2-7-27)19-14-21(28(30,31)32)23(16-33)35-17-19/h4-5,14-15,17H,2-3,6-13H2,1H3,(H,34,40). The number of pyridine rings is 1. The van der Waals surface area contributed by atoms with Gasteiger partial charge in [-0.2, -0.15) is 18.4 Å². The van der Waals surface area contributed by atoms with Crippen LogP contribution in [-0.4, -0.2) is 83.6 Å². The molecule has 2 aromatic rings. The highest BCUT2D eigenvalue weighted by atomic mass is 32.1. The molecule has 2 saturated heterocycles. The van der Waals surface area contributed by atoms with Gasteiger partial charge in [-0.05, 0) is 75.8 Å². The van der Waals surface area contributed by atoms with E-state index < -0.39 is 40.6 Å². The minimum absolute atomic E-state index is 0.139. The molecule has 1 N–H and O–H groups in total. The lowest BCUT2D eigenvalue weighted by molar-refractivity contribution is -0.138. The Balaban J connectivity index is 1.32. The van der Waals surface area contributed by atoms with E-state index in [1.165, 1.54) is 23.1 Å². The number of likely N-dealkylation sites (N-methyl/N-ethyl adjacent to an activating group) is 1. The summed E-state index contributed by atoms with van der Waals surface area (Å²) in [6.07, 6.45) is -1.79. The number of nitrogens with one attached hydrogen (secondary N) is 1. The molecule has 0 radical (unpaired) electrons. The van der Waals surface area contributed by atoms with E-state index in [4.69, 9.17) is 17.5 Å². The first kappa shape index (κ1) is 29.8. The molecule has 1 aliphatic carbocycles. The smallest absolute Gasteiger partial charge is 0.352 e. The van der Waals surface area contributed by atoms with E-state index in [9.17, 15) is 22.8 Å². The zero-order chi connectivity index (χ0) is 30.2. The normalized spacial score (nSPS) is 19.2. The summed E-state index contributed by atoms with van der Waals surface area (Å²) in [4.78, 5) is 36.9. The molecule has 1 spiro atoms. The number of aromatic nitrogens is 1. The van der Waals surface area contributed by atoms with E-state index in [1.807, 2.05) is 0 Å². The van der Waals surface area contributed by atoms with Crippen LogP contribution in [0.2, 0.25) is 0 Å². The van der Waals surface area contributed by atoms with Gasteiger partial charge in [0.2, 0.25) is 0 Å². The van der Waals surface area contributed by atoms with Crippen molar-refractivity contribution in [3.05, 3.63) is 53.1 Å². The molecule has 3 fully saturated rings. The molecule has 0 bridgehead atoms. The number of nitrogens with zero attached hydrogens (tertiary/aromatic N) is 6. The van der Waals surface area contributed by atoms with Crippen LogP contribution >= 0.6 is 12.2 Å². The van der Waals surface area contributed by atoms with Gasteiger partial charge in [-0.25, -0.2) is 9.37 Å². The zero-order valence-electron chi connectivity index (χ0n) is 22.9. The molecular formula is C28H29F4N7O2S. The molecule has 0 unspecified atom stereocenters. The SMILES string of the molecule is CN1CCN(CCCNC(=O)c2ccc(N3C(=S)N(c4cnc(C#N)c(C(F)(F)F)c4)C(=O)C34CCC4)cc2F)CC1. The highest BCUT2D eigenvalue weighted by Gasteiger charge is 2.60. The molecule has 1 aromatic heterocycles. The van der Waals surface area contributed by atoms with Crippen molar-refractivity contribution < 1.29 is 27.2 Å². The second-order valence-corrected chi connectivity index (χ2v) is 11.1. The fourth-order valence-electron chi connectivity index (χ4n) is 5.59.